The fourth-order valence-electron chi connectivity index (χ4n) is 6.14. The number of aromatic nitrogens is 6. The fraction of sp³-hybridized carbons (Fsp3) is 0. The molecule has 47 heavy (non-hydrogen) atoms. The summed E-state index contributed by atoms with van der Waals surface area (Å²) in [5.41, 5.74) is 9.59. The number of hydrogen-bond acceptors (Lipinski definition) is 7. The zero-order chi connectivity index (χ0) is 31.2. The molecular weight excluding hydrogens is 597 g/mol. The van der Waals surface area contributed by atoms with E-state index in [1.54, 1.807) is 0 Å². The highest BCUT2D eigenvalue weighted by Gasteiger charge is 2.18. The van der Waals surface area contributed by atoms with Gasteiger partial charge < -0.3 is 0 Å². The molecule has 0 amide bonds. The van der Waals surface area contributed by atoms with Crippen molar-refractivity contribution in [2.24, 2.45) is 0 Å². The molecule has 0 N–H and O–H groups in total. The molecule has 0 aliphatic heterocycles. The Balaban J connectivity index is 1.21. The Morgan fingerprint density at radius 1 is 0.362 bits per heavy atom. The summed E-state index contributed by atoms with van der Waals surface area (Å²) in [4.78, 5) is 20.0. The lowest BCUT2D eigenvalue weighted by molar-refractivity contribution is 1.07. The quantitative estimate of drug-likeness (QED) is 0.178. The smallest absolute Gasteiger partial charge is 0.164 e. The van der Waals surface area contributed by atoms with Gasteiger partial charge in [0.05, 0.1) is 22.9 Å². The zero-order valence-corrected chi connectivity index (χ0v) is 25.8. The van der Waals surface area contributed by atoms with Gasteiger partial charge in [0.15, 0.2) is 17.5 Å². The largest absolute Gasteiger partial charge is 0.246 e. The number of hydrogen-bond donors (Lipinski definition) is 0. The summed E-state index contributed by atoms with van der Waals surface area (Å²) < 4.78 is 9.26. The number of rotatable bonds is 5. The van der Waals surface area contributed by atoms with Gasteiger partial charge >= 0.3 is 0 Å². The molecule has 3 heterocycles. The van der Waals surface area contributed by atoms with Gasteiger partial charge in [-0.15, -0.1) is 0 Å². The van der Waals surface area contributed by atoms with E-state index in [2.05, 4.69) is 65.0 Å². The van der Waals surface area contributed by atoms with E-state index in [0.29, 0.717) is 17.5 Å². The van der Waals surface area contributed by atoms with Crippen LogP contribution >= 0.6 is 11.7 Å². The Kier molecular flexibility index (Phi) is 6.54. The Morgan fingerprint density at radius 3 is 1.53 bits per heavy atom. The van der Waals surface area contributed by atoms with E-state index in [9.17, 15) is 0 Å². The van der Waals surface area contributed by atoms with Gasteiger partial charge in [-0.2, -0.15) is 8.75 Å². The summed E-state index contributed by atoms with van der Waals surface area (Å²) in [7, 11) is 0. The van der Waals surface area contributed by atoms with E-state index < -0.39 is 0 Å². The maximum Gasteiger partial charge on any atom is 0.164 e. The third kappa shape index (κ3) is 4.81. The van der Waals surface area contributed by atoms with Gasteiger partial charge in [-0.3, -0.25) is 0 Å². The molecule has 0 aliphatic carbocycles. The predicted molar refractivity (Wildman–Crippen MR) is 191 cm³/mol. The normalized spacial score (nSPS) is 11.4. The molecule has 9 aromatic rings. The average molecular weight is 621 g/mol. The second-order valence-electron chi connectivity index (χ2n) is 11.3. The van der Waals surface area contributed by atoms with Gasteiger partial charge in [0, 0.05) is 44.0 Å². The first-order valence-electron chi connectivity index (χ1n) is 15.3. The summed E-state index contributed by atoms with van der Waals surface area (Å²) in [6, 6.07) is 49.3. The first-order valence-corrected chi connectivity index (χ1v) is 16.0. The van der Waals surface area contributed by atoms with Crippen LogP contribution in [0, 0.1) is 0 Å². The van der Waals surface area contributed by atoms with Crippen LogP contribution in [0.3, 0.4) is 0 Å². The van der Waals surface area contributed by atoms with Crippen molar-refractivity contribution in [3.8, 4) is 56.5 Å². The van der Waals surface area contributed by atoms with Crippen LogP contribution in [0.5, 0.6) is 0 Å². The van der Waals surface area contributed by atoms with E-state index in [-0.39, 0.29) is 0 Å². The molecule has 0 atom stereocenters. The van der Waals surface area contributed by atoms with Gasteiger partial charge in [0.25, 0.3) is 0 Å². The predicted octanol–water partition coefficient (Wildman–Crippen LogP) is 9.91. The minimum absolute atomic E-state index is 0.621. The molecule has 0 fully saturated rings. The molecule has 6 nitrogen and oxygen atoms in total. The minimum atomic E-state index is 0.621. The fourth-order valence-corrected chi connectivity index (χ4v) is 6.69. The van der Waals surface area contributed by atoms with Crippen molar-refractivity contribution in [3.63, 3.8) is 0 Å². The first kappa shape index (κ1) is 27.2. The second-order valence-corrected chi connectivity index (χ2v) is 11.8. The SMILES string of the molecule is c1ccc(-c2nc(-c3ccccc3)nc(-c3ccc(-c4cccc5c4nc(-c4ccccc4)c4ccc6nsnc6c45)cc3)n2)cc1. The van der Waals surface area contributed by atoms with E-state index in [4.69, 9.17) is 24.3 Å². The summed E-state index contributed by atoms with van der Waals surface area (Å²) in [6.07, 6.45) is 0. The maximum absolute atomic E-state index is 5.33. The summed E-state index contributed by atoms with van der Waals surface area (Å²) in [5, 5.41) is 3.19. The topological polar surface area (TPSA) is 77.3 Å². The van der Waals surface area contributed by atoms with Crippen LogP contribution < -0.4 is 0 Å². The average Bonchev–Trinajstić information content (AvgIpc) is 3.65. The van der Waals surface area contributed by atoms with Crippen LogP contribution in [0.25, 0.3) is 89.3 Å². The summed E-state index contributed by atoms with van der Waals surface area (Å²) in [6.45, 7) is 0. The maximum atomic E-state index is 5.33. The van der Waals surface area contributed by atoms with Crippen molar-refractivity contribution in [1.82, 2.24) is 28.7 Å². The highest BCUT2D eigenvalue weighted by Crippen LogP contribution is 2.39. The Labute approximate surface area is 274 Å². The molecule has 6 aromatic carbocycles. The number of benzene rings is 6. The molecule has 220 valence electrons. The lowest BCUT2D eigenvalue weighted by Crippen LogP contribution is -2.00. The third-order valence-corrected chi connectivity index (χ3v) is 8.96. The lowest BCUT2D eigenvalue weighted by atomic mass is 9.95. The number of nitrogens with zero attached hydrogens (tertiary/aromatic N) is 6. The first-order chi connectivity index (χ1) is 23.3. The van der Waals surface area contributed by atoms with Gasteiger partial charge in [0.1, 0.15) is 11.0 Å². The van der Waals surface area contributed by atoms with Crippen LogP contribution in [-0.4, -0.2) is 28.7 Å². The molecule has 9 rings (SSSR count). The van der Waals surface area contributed by atoms with Gasteiger partial charge in [-0.05, 0) is 17.7 Å². The van der Waals surface area contributed by atoms with E-state index in [1.165, 1.54) is 11.7 Å². The molecule has 0 saturated heterocycles. The van der Waals surface area contributed by atoms with Crippen molar-refractivity contribution in [1.29, 1.82) is 0 Å². The van der Waals surface area contributed by atoms with Crippen LogP contribution in [0.1, 0.15) is 0 Å². The van der Waals surface area contributed by atoms with Crippen LogP contribution in [0.4, 0.5) is 0 Å². The minimum Gasteiger partial charge on any atom is -0.246 e. The Hall–Kier alpha value is -6.18. The summed E-state index contributed by atoms with van der Waals surface area (Å²) >= 11 is 1.24. The Bertz CT molecular complexity index is 2490. The Morgan fingerprint density at radius 2 is 0.915 bits per heavy atom. The molecule has 0 spiro atoms. The molecule has 0 saturated carbocycles. The summed E-state index contributed by atoms with van der Waals surface area (Å²) in [5.74, 6) is 1.90. The standard InChI is InChI=1S/C40H24N6S/c1-4-11-26(12-5-1)35-32-23-24-33-37(46-47-45-33)34(32)31-18-10-17-30(36(31)41-35)25-19-21-29(22-20-25)40-43-38(27-13-6-2-7-14-27)42-39(44-40)28-15-8-3-9-16-28/h1-24H. The highest BCUT2D eigenvalue weighted by molar-refractivity contribution is 7.00. The molecule has 7 heteroatoms. The van der Waals surface area contributed by atoms with Gasteiger partial charge in [0.2, 0.25) is 0 Å². The van der Waals surface area contributed by atoms with Gasteiger partial charge in [-0.25, -0.2) is 19.9 Å². The van der Waals surface area contributed by atoms with Crippen LogP contribution in [0.2, 0.25) is 0 Å². The van der Waals surface area contributed by atoms with Gasteiger partial charge in [-0.1, -0.05) is 133 Å². The van der Waals surface area contributed by atoms with E-state index in [0.717, 1.165) is 71.8 Å². The lowest BCUT2D eigenvalue weighted by Gasteiger charge is -2.14. The molecule has 0 unspecified atom stereocenters. The third-order valence-electron chi connectivity index (χ3n) is 8.41. The van der Waals surface area contributed by atoms with Crippen molar-refractivity contribution in [2.75, 3.05) is 0 Å². The van der Waals surface area contributed by atoms with Crippen LogP contribution in [0.15, 0.2) is 146 Å². The zero-order valence-electron chi connectivity index (χ0n) is 24.9. The van der Waals surface area contributed by atoms with Crippen LogP contribution in [-0.2, 0) is 0 Å². The van der Waals surface area contributed by atoms with Crippen molar-refractivity contribution < 1.29 is 0 Å². The second kappa shape index (κ2) is 11.3. The van der Waals surface area contributed by atoms with Crippen molar-refractivity contribution in [2.45, 2.75) is 0 Å². The molecule has 0 bridgehead atoms. The van der Waals surface area contributed by atoms with E-state index >= 15 is 0 Å². The molecule has 0 radical (unpaired) electrons. The highest BCUT2D eigenvalue weighted by atomic mass is 32.1. The number of fused-ring (bicyclic) bond motifs is 5. The van der Waals surface area contributed by atoms with Crippen molar-refractivity contribution >= 4 is 44.4 Å². The molecular formula is C40H24N6S. The molecule has 0 aliphatic rings. The van der Waals surface area contributed by atoms with E-state index in [1.807, 2.05) is 84.9 Å². The number of para-hydroxylation sites is 1. The number of pyridine rings is 1. The van der Waals surface area contributed by atoms with Crippen molar-refractivity contribution in [3.05, 3.63) is 146 Å². The molecule has 3 aromatic heterocycles. The monoisotopic (exact) mass is 620 g/mol.